The lowest BCUT2D eigenvalue weighted by Crippen LogP contribution is -2.51. The Balaban J connectivity index is 3.04. The van der Waals surface area contributed by atoms with Gasteiger partial charge in [-0.1, -0.05) is 18.2 Å². The van der Waals surface area contributed by atoms with Crippen LogP contribution in [0.2, 0.25) is 0 Å². The van der Waals surface area contributed by atoms with Crippen LogP contribution in [0.4, 0.5) is 5.69 Å². The molecule has 0 heterocycles. The average Bonchev–Trinajstić information content (AvgIpc) is 2.39. The smallest absolute Gasteiger partial charge is 0.249 e. The normalized spacial score (nSPS) is 12.3. The van der Waals surface area contributed by atoms with E-state index in [4.69, 9.17) is 0 Å². The molecule has 1 unspecified atom stereocenters. The maximum atomic E-state index is 12.7. The van der Waals surface area contributed by atoms with Crippen LogP contribution in [-0.4, -0.2) is 35.3 Å². The number of para-hydroxylation sites is 1. The Labute approximate surface area is 121 Å². The SMILES string of the molecule is CC(C)N(C(=O)C(C)N(C=O)C(C)C)c1ccccc1. The van der Waals surface area contributed by atoms with Gasteiger partial charge in [-0.05, 0) is 46.8 Å². The van der Waals surface area contributed by atoms with Crippen molar-refractivity contribution in [3.63, 3.8) is 0 Å². The Kier molecular flexibility index (Phi) is 5.74. The molecule has 4 nitrogen and oxygen atoms in total. The van der Waals surface area contributed by atoms with Gasteiger partial charge >= 0.3 is 0 Å². The van der Waals surface area contributed by atoms with Crippen molar-refractivity contribution in [2.45, 2.75) is 52.7 Å². The van der Waals surface area contributed by atoms with Crippen molar-refractivity contribution < 1.29 is 9.59 Å². The summed E-state index contributed by atoms with van der Waals surface area (Å²) in [7, 11) is 0. The molecule has 0 aliphatic heterocycles. The summed E-state index contributed by atoms with van der Waals surface area (Å²) in [6.45, 7) is 9.52. The number of carbonyl (C=O) groups is 2. The first kappa shape index (κ1) is 16.2. The second kappa shape index (κ2) is 7.08. The Morgan fingerprint density at radius 1 is 1.00 bits per heavy atom. The molecule has 20 heavy (non-hydrogen) atoms. The third kappa shape index (κ3) is 3.59. The van der Waals surface area contributed by atoms with E-state index in [1.54, 1.807) is 16.7 Å². The Morgan fingerprint density at radius 3 is 1.95 bits per heavy atom. The topological polar surface area (TPSA) is 40.6 Å². The van der Waals surface area contributed by atoms with Gasteiger partial charge in [0, 0.05) is 17.8 Å². The maximum absolute atomic E-state index is 12.7. The summed E-state index contributed by atoms with van der Waals surface area (Å²) in [5.41, 5.74) is 0.856. The number of anilines is 1. The van der Waals surface area contributed by atoms with E-state index in [1.165, 1.54) is 0 Å². The van der Waals surface area contributed by atoms with Gasteiger partial charge in [0.2, 0.25) is 12.3 Å². The summed E-state index contributed by atoms with van der Waals surface area (Å²) < 4.78 is 0. The molecule has 1 aromatic rings. The third-order valence-electron chi connectivity index (χ3n) is 3.31. The minimum atomic E-state index is -0.477. The first-order chi connectivity index (χ1) is 9.40. The van der Waals surface area contributed by atoms with E-state index in [2.05, 4.69) is 0 Å². The van der Waals surface area contributed by atoms with Crippen LogP contribution >= 0.6 is 0 Å². The lowest BCUT2D eigenvalue weighted by molar-refractivity contribution is -0.132. The largest absolute Gasteiger partial charge is 0.331 e. The van der Waals surface area contributed by atoms with Gasteiger partial charge in [-0.3, -0.25) is 9.59 Å². The zero-order valence-electron chi connectivity index (χ0n) is 12.9. The van der Waals surface area contributed by atoms with Gasteiger partial charge in [0.05, 0.1) is 0 Å². The molecule has 0 aromatic heterocycles. The second-order valence-electron chi connectivity index (χ2n) is 5.46. The molecule has 2 amide bonds. The lowest BCUT2D eigenvalue weighted by atomic mass is 10.1. The van der Waals surface area contributed by atoms with Crippen molar-refractivity contribution >= 4 is 18.0 Å². The number of rotatable bonds is 6. The molecule has 0 fully saturated rings. The van der Waals surface area contributed by atoms with E-state index in [9.17, 15) is 9.59 Å². The van der Waals surface area contributed by atoms with E-state index in [1.807, 2.05) is 58.0 Å². The van der Waals surface area contributed by atoms with Crippen molar-refractivity contribution in [1.29, 1.82) is 0 Å². The summed E-state index contributed by atoms with van der Waals surface area (Å²) in [4.78, 5) is 27.2. The van der Waals surface area contributed by atoms with Crippen LogP contribution in [0, 0.1) is 0 Å². The number of carbonyl (C=O) groups excluding carboxylic acids is 2. The molecule has 4 heteroatoms. The molecule has 0 aliphatic rings. The Bertz CT molecular complexity index is 443. The first-order valence-corrected chi connectivity index (χ1v) is 7.01. The summed E-state index contributed by atoms with van der Waals surface area (Å²) in [5, 5.41) is 0. The molecule has 110 valence electrons. The number of amides is 2. The highest BCUT2D eigenvalue weighted by Crippen LogP contribution is 2.19. The predicted octanol–water partition coefficient (Wildman–Crippen LogP) is 2.68. The van der Waals surface area contributed by atoms with E-state index in [0.717, 1.165) is 12.1 Å². The van der Waals surface area contributed by atoms with Crippen LogP contribution in [-0.2, 0) is 9.59 Å². The van der Waals surface area contributed by atoms with Crippen molar-refractivity contribution in [3.8, 4) is 0 Å². The number of hydrogen-bond acceptors (Lipinski definition) is 2. The molecule has 1 atom stereocenters. The maximum Gasteiger partial charge on any atom is 0.249 e. The second-order valence-corrected chi connectivity index (χ2v) is 5.46. The van der Waals surface area contributed by atoms with Gasteiger partial charge in [0.25, 0.3) is 0 Å². The monoisotopic (exact) mass is 276 g/mol. The standard InChI is InChI=1S/C16H24N2O2/c1-12(2)17(11-19)14(5)16(20)18(13(3)4)15-9-7-6-8-10-15/h6-14H,1-5H3. The molecular formula is C16H24N2O2. The first-order valence-electron chi connectivity index (χ1n) is 7.01. The minimum absolute atomic E-state index is 0.00349. The van der Waals surface area contributed by atoms with E-state index in [-0.39, 0.29) is 18.0 Å². The zero-order valence-corrected chi connectivity index (χ0v) is 12.9. The predicted molar refractivity (Wildman–Crippen MR) is 81.6 cm³/mol. The highest BCUT2D eigenvalue weighted by molar-refractivity contribution is 5.98. The Hall–Kier alpha value is -1.84. The summed E-state index contributed by atoms with van der Waals surface area (Å²) in [5.74, 6) is -0.0630. The fourth-order valence-corrected chi connectivity index (χ4v) is 2.26. The number of hydrogen-bond donors (Lipinski definition) is 0. The van der Waals surface area contributed by atoms with Crippen LogP contribution in [0.3, 0.4) is 0 Å². The molecule has 0 saturated heterocycles. The van der Waals surface area contributed by atoms with Crippen LogP contribution in [0.25, 0.3) is 0 Å². The molecule has 0 saturated carbocycles. The van der Waals surface area contributed by atoms with Gasteiger partial charge in [0.1, 0.15) is 6.04 Å². The molecule has 1 aromatic carbocycles. The molecule has 0 aliphatic carbocycles. The van der Waals surface area contributed by atoms with Crippen molar-refractivity contribution in [2.75, 3.05) is 4.90 Å². The van der Waals surface area contributed by atoms with E-state index >= 15 is 0 Å². The van der Waals surface area contributed by atoms with Crippen LogP contribution in [0.1, 0.15) is 34.6 Å². The fraction of sp³-hybridized carbons (Fsp3) is 0.500. The van der Waals surface area contributed by atoms with Crippen molar-refractivity contribution in [2.24, 2.45) is 0 Å². The molecule has 0 bridgehead atoms. The quantitative estimate of drug-likeness (QED) is 0.750. The molecule has 1 rings (SSSR count). The molecule has 0 N–H and O–H groups in total. The van der Waals surface area contributed by atoms with Crippen molar-refractivity contribution in [3.05, 3.63) is 30.3 Å². The van der Waals surface area contributed by atoms with Gasteiger partial charge in [-0.15, -0.1) is 0 Å². The van der Waals surface area contributed by atoms with Gasteiger partial charge in [0.15, 0.2) is 0 Å². The summed E-state index contributed by atoms with van der Waals surface area (Å²) >= 11 is 0. The van der Waals surface area contributed by atoms with E-state index < -0.39 is 6.04 Å². The van der Waals surface area contributed by atoms with Gasteiger partial charge in [-0.25, -0.2) is 0 Å². The number of nitrogens with zero attached hydrogens (tertiary/aromatic N) is 2. The summed E-state index contributed by atoms with van der Waals surface area (Å²) in [6, 6.07) is 9.10. The highest BCUT2D eigenvalue weighted by atomic mass is 16.2. The third-order valence-corrected chi connectivity index (χ3v) is 3.31. The zero-order chi connectivity index (χ0) is 15.3. The molecule has 0 spiro atoms. The minimum Gasteiger partial charge on any atom is -0.331 e. The average molecular weight is 276 g/mol. The van der Waals surface area contributed by atoms with Gasteiger partial charge < -0.3 is 9.80 Å². The van der Waals surface area contributed by atoms with Crippen LogP contribution in [0.5, 0.6) is 0 Å². The molecule has 0 radical (unpaired) electrons. The van der Waals surface area contributed by atoms with Crippen molar-refractivity contribution in [1.82, 2.24) is 4.90 Å². The summed E-state index contributed by atoms with van der Waals surface area (Å²) in [6.07, 6.45) is 0.747. The Morgan fingerprint density at radius 2 is 1.55 bits per heavy atom. The lowest BCUT2D eigenvalue weighted by Gasteiger charge is -2.34. The highest BCUT2D eigenvalue weighted by Gasteiger charge is 2.29. The number of benzene rings is 1. The van der Waals surface area contributed by atoms with Gasteiger partial charge in [-0.2, -0.15) is 0 Å². The van der Waals surface area contributed by atoms with E-state index in [0.29, 0.717) is 0 Å². The molecular weight excluding hydrogens is 252 g/mol. The van der Waals surface area contributed by atoms with Crippen LogP contribution in [0.15, 0.2) is 30.3 Å². The van der Waals surface area contributed by atoms with Crippen LogP contribution < -0.4 is 4.90 Å². The fourth-order valence-electron chi connectivity index (χ4n) is 2.26.